The predicted molar refractivity (Wildman–Crippen MR) is 86.2 cm³/mol. The molecule has 3 rings (SSSR count). The Hall–Kier alpha value is -1.44. The van der Waals surface area contributed by atoms with Crippen molar-refractivity contribution in [3.8, 4) is 0 Å². The largest absolute Gasteiger partial charge is 0.333 e. The van der Waals surface area contributed by atoms with Gasteiger partial charge in [0.2, 0.25) is 5.82 Å². The van der Waals surface area contributed by atoms with Crippen molar-refractivity contribution in [3.63, 3.8) is 0 Å². The predicted octanol–water partition coefficient (Wildman–Crippen LogP) is 1.80. The molecule has 0 bridgehead atoms. The van der Waals surface area contributed by atoms with E-state index in [0.717, 1.165) is 24.0 Å². The van der Waals surface area contributed by atoms with E-state index < -0.39 is 0 Å². The average molecular weight is 340 g/mol. The molecule has 0 radical (unpaired) electrons. The van der Waals surface area contributed by atoms with Gasteiger partial charge in [0.05, 0.1) is 4.34 Å². The van der Waals surface area contributed by atoms with Gasteiger partial charge in [-0.05, 0) is 19.1 Å². The zero-order chi connectivity index (χ0) is 15.7. The monoisotopic (exact) mass is 339 g/mol. The maximum atomic E-state index is 12.5. The molecule has 2 aromatic heterocycles. The van der Waals surface area contributed by atoms with E-state index in [-0.39, 0.29) is 5.91 Å². The summed E-state index contributed by atoms with van der Waals surface area (Å²) in [5.74, 6) is 0.997. The first-order chi connectivity index (χ1) is 10.5. The van der Waals surface area contributed by atoms with Crippen molar-refractivity contribution >= 4 is 28.8 Å². The molecular weight excluding hydrogens is 322 g/mol. The van der Waals surface area contributed by atoms with Gasteiger partial charge in [-0.25, -0.2) is 9.67 Å². The Labute approximate surface area is 138 Å². The van der Waals surface area contributed by atoms with Crippen molar-refractivity contribution in [1.82, 2.24) is 24.6 Å². The third-order valence-electron chi connectivity index (χ3n) is 3.73. The number of hydrogen-bond acceptors (Lipinski definition) is 5. The standard InChI is InChI=1S/C14H18ClN5OS/c1-10-16-13(18(2)17-10)14(21)20-7-5-19(6-8-20)9-11-3-4-12(15)22-11/h3-4H,5-9H2,1-2H3. The van der Waals surface area contributed by atoms with Crippen LogP contribution in [0.3, 0.4) is 0 Å². The average Bonchev–Trinajstić information content (AvgIpc) is 3.04. The lowest BCUT2D eigenvalue weighted by Crippen LogP contribution is -2.48. The summed E-state index contributed by atoms with van der Waals surface area (Å²) in [6, 6.07) is 3.99. The van der Waals surface area contributed by atoms with Crippen LogP contribution in [0, 0.1) is 6.92 Å². The molecule has 1 aliphatic rings. The topological polar surface area (TPSA) is 54.3 Å². The maximum absolute atomic E-state index is 12.5. The van der Waals surface area contributed by atoms with Crippen LogP contribution < -0.4 is 0 Å². The molecule has 1 fully saturated rings. The first kappa shape index (κ1) is 15.5. The van der Waals surface area contributed by atoms with Crippen molar-refractivity contribution in [1.29, 1.82) is 0 Å². The molecule has 0 saturated carbocycles. The van der Waals surface area contributed by atoms with Crippen LogP contribution in [-0.4, -0.2) is 56.7 Å². The number of rotatable bonds is 3. The Kier molecular flexibility index (Phi) is 4.46. The van der Waals surface area contributed by atoms with Gasteiger partial charge in [0, 0.05) is 44.6 Å². The first-order valence-electron chi connectivity index (χ1n) is 7.16. The second kappa shape index (κ2) is 6.36. The van der Waals surface area contributed by atoms with Gasteiger partial charge in [-0.2, -0.15) is 5.10 Å². The Morgan fingerprint density at radius 1 is 1.32 bits per heavy atom. The molecule has 118 valence electrons. The lowest BCUT2D eigenvalue weighted by atomic mass is 10.3. The van der Waals surface area contributed by atoms with E-state index in [1.165, 1.54) is 4.88 Å². The van der Waals surface area contributed by atoms with E-state index in [9.17, 15) is 4.79 Å². The molecule has 0 spiro atoms. The molecule has 1 aliphatic heterocycles. The molecule has 3 heterocycles. The summed E-state index contributed by atoms with van der Waals surface area (Å²) in [6.07, 6.45) is 0. The number of nitrogens with zero attached hydrogens (tertiary/aromatic N) is 5. The molecule has 22 heavy (non-hydrogen) atoms. The number of hydrogen-bond donors (Lipinski definition) is 0. The Morgan fingerprint density at radius 3 is 2.59 bits per heavy atom. The molecule has 8 heteroatoms. The highest BCUT2D eigenvalue weighted by Gasteiger charge is 2.25. The number of halogens is 1. The van der Waals surface area contributed by atoms with Crippen LogP contribution in [0.15, 0.2) is 12.1 Å². The summed E-state index contributed by atoms with van der Waals surface area (Å²) in [5.41, 5.74) is 0. The van der Waals surface area contributed by atoms with Crippen LogP contribution in [0.2, 0.25) is 4.34 Å². The molecule has 1 saturated heterocycles. The zero-order valence-corrected chi connectivity index (χ0v) is 14.2. The van der Waals surface area contributed by atoms with Gasteiger partial charge in [0.15, 0.2) is 0 Å². The van der Waals surface area contributed by atoms with Gasteiger partial charge >= 0.3 is 0 Å². The molecule has 6 nitrogen and oxygen atoms in total. The molecule has 1 amide bonds. The summed E-state index contributed by atoms with van der Waals surface area (Å²) in [6.45, 7) is 5.83. The summed E-state index contributed by atoms with van der Waals surface area (Å²) >= 11 is 7.57. The second-order valence-corrected chi connectivity index (χ2v) is 7.18. The van der Waals surface area contributed by atoms with Gasteiger partial charge in [-0.3, -0.25) is 9.69 Å². The van der Waals surface area contributed by atoms with Gasteiger partial charge in [-0.15, -0.1) is 11.3 Å². The maximum Gasteiger partial charge on any atom is 0.291 e. The van der Waals surface area contributed by atoms with E-state index in [1.54, 1.807) is 30.0 Å². The fourth-order valence-corrected chi connectivity index (χ4v) is 3.74. The van der Waals surface area contributed by atoms with Crippen molar-refractivity contribution in [3.05, 3.63) is 33.0 Å². The Bertz CT molecular complexity index is 675. The molecule has 0 unspecified atom stereocenters. The van der Waals surface area contributed by atoms with Crippen molar-refractivity contribution in [2.75, 3.05) is 26.2 Å². The van der Waals surface area contributed by atoms with Gasteiger partial charge in [0.1, 0.15) is 5.82 Å². The number of carbonyl (C=O) groups is 1. The number of piperazine rings is 1. The van der Waals surface area contributed by atoms with E-state index in [1.807, 2.05) is 11.0 Å². The van der Waals surface area contributed by atoms with E-state index in [2.05, 4.69) is 21.0 Å². The highest BCUT2D eigenvalue weighted by molar-refractivity contribution is 7.16. The van der Waals surface area contributed by atoms with Crippen molar-refractivity contribution in [2.45, 2.75) is 13.5 Å². The van der Waals surface area contributed by atoms with Crippen LogP contribution in [0.5, 0.6) is 0 Å². The molecule has 0 aliphatic carbocycles. The minimum absolute atomic E-state index is 0.0399. The van der Waals surface area contributed by atoms with Crippen LogP contribution in [0.1, 0.15) is 21.3 Å². The number of carbonyl (C=O) groups excluding carboxylic acids is 1. The smallest absolute Gasteiger partial charge is 0.291 e. The first-order valence-corrected chi connectivity index (χ1v) is 8.36. The quantitative estimate of drug-likeness (QED) is 0.855. The number of aromatic nitrogens is 3. The van der Waals surface area contributed by atoms with E-state index in [4.69, 9.17) is 11.6 Å². The van der Waals surface area contributed by atoms with E-state index >= 15 is 0 Å². The van der Waals surface area contributed by atoms with Crippen LogP contribution in [-0.2, 0) is 13.6 Å². The molecule has 0 N–H and O–H groups in total. The molecule has 0 aromatic carbocycles. The Morgan fingerprint density at radius 2 is 2.05 bits per heavy atom. The van der Waals surface area contributed by atoms with Gasteiger partial charge < -0.3 is 4.90 Å². The van der Waals surface area contributed by atoms with Crippen LogP contribution in [0.25, 0.3) is 0 Å². The number of thiophene rings is 1. The highest BCUT2D eigenvalue weighted by atomic mass is 35.5. The third-order valence-corrected chi connectivity index (χ3v) is 4.94. The van der Waals surface area contributed by atoms with E-state index in [0.29, 0.717) is 24.7 Å². The molecular formula is C14H18ClN5OS. The molecule has 0 atom stereocenters. The lowest BCUT2D eigenvalue weighted by molar-refractivity contribution is 0.0613. The number of amides is 1. The third kappa shape index (κ3) is 3.31. The molecule has 2 aromatic rings. The Balaban J connectivity index is 1.57. The highest BCUT2D eigenvalue weighted by Crippen LogP contribution is 2.23. The van der Waals surface area contributed by atoms with Crippen LogP contribution in [0.4, 0.5) is 0 Å². The SMILES string of the molecule is Cc1nc(C(=O)N2CCN(Cc3ccc(Cl)s3)CC2)n(C)n1. The fourth-order valence-electron chi connectivity index (χ4n) is 2.61. The summed E-state index contributed by atoms with van der Waals surface area (Å²) in [5, 5.41) is 4.14. The second-order valence-electron chi connectivity index (χ2n) is 5.38. The summed E-state index contributed by atoms with van der Waals surface area (Å²) < 4.78 is 2.37. The van der Waals surface area contributed by atoms with Gasteiger partial charge in [0.25, 0.3) is 5.91 Å². The van der Waals surface area contributed by atoms with Crippen LogP contribution >= 0.6 is 22.9 Å². The summed E-state index contributed by atoms with van der Waals surface area (Å²) in [4.78, 5) is 22.1. The van der Waals surface area contributed by atoms with Crippen molar-refractivity contribution in [2.24, 2.45) is 7.05 Å². The lowest BCUT2D eigenvalue weighted by Gasteiger charge is -2.34. The number of aryl methyl sites for hydroxylation is 2. The summed E-state index contributed by atoms with van der Waals surface area (Å²) in [7, 11) is 1.75. The minimum Gasteiger partial charge on any atom is -0.333 e. The van der Waals surface area contributed by atoms with Crippen molar-refractivity contribution < 1.29 is 4.79 Å². The van der Waals surface area contributed by atoms with Gasteiger partial charge in [-0.1, -0.05) is 11.6 Å². The minimum atomic E-state index is -0.0399. The zero-order valence-electron chi connectivity index (χ0n) is 12.6. The normalized spacial score (nSPS) is 16.2. The fraction of sp³-hybridized carbons (Fsp3) is 0.500.